The van der Waals surface area contributed by atoms with Crippen LogP contribution in [0.3, 0.4) is 0 Å². The molecule has 3 heterocycles. The molecule has 1 aliphatic heterocycles. The Bertz CT molecular complexity index is 1300. The van der Waals surface area contributed by atoms with Crippen LogP contribution in [0, 0.1) is 21.4 Å². The Labute approximate surface area is 206 Å². The molecule has 0 spiro atoms. The van der Waals surface area contributed by atoms with Crippen molar-refractivity contribution in [1.82, 2.24) is 5.32 Å². The van der Waals surface area contributed by atoms with Crippen molar-refractivity contribution in [2.45, 2.75) is 52.6 Å². The summed E-state index contributed by atoms with van der Waals surface area (Å²) in [5.41, 5.74) is 2.71. The van der Waals surface area contributed by atoms with Gasteiger partial charge >= 0.3 is 0 Å². The minimum Gasteiger partial charge on any atom is -0.457 e. The van der Waals surface area contributed by atoms with Gasteiger partial charge in [-0.15, -0.1) is 11.3 Å². The van der Waals surface area contributed by atoms with E-state index in [1.165, 1.54) is 22.6 Å². The number of fused-ring (bicyclic) bond motifs is 3. The monoisotopic (exact) mass is 499 g/mol. The second kappa shape index (κ2) is 8.43. The van der Waals surface area contributed by atoms with Crippen LogP contribution in [-0.4, -0.2) is 10.8 Å². The van der Waals surface area contributed by atoms with Crippen LogP contribution in [0.5, 0.6) is 0 Å². The van der Waals surface area contributed by atoms with Crippen molar-refractivity contribution < 1.29 is 14.1 Å². The molecule has 0 fully saturated rings. The smallest absolute Gasteiger partial charge is 0.270 e. The van der Waals surface area contributed by atoms with E-state index in [1.54, 1.807) is 29.5 Å². The van der Waals surface area contributed by atoms with Gasteiger partial charge in [0.15, 0.2) is 6.17 Å². The van der Waals surface area contributed by atoms with Gasteiger partial charge in [-0.3, -0.25) is 14.9 Å². The number of hydrogen-bond donors (Lipinski definition) is 2. The third kappa shape index (κ3) is 3.88. The molecule has 0 saturated carbocycles. The van der Waals surface area contributed by atoms with Crippen LogP contribution < -0.4 is 10.6 Å². The molecule has 5 rings (SSSR count). The number of rotatable bonds is 5. The maximum absolute atomic E-state index is 13.1. The third-order valence-electron chi connectivity index (χ3n) is 7.40. The molecule has 2 atom stereocenters. The van der Waals surface area contributed by atoms with E-state index in [1.807, 2.05) is 0 Å². The number of benzene rings is 1. The number of thiophene rings is 1. The van der Waals surface area contributed by atoms with Crippen LogP contribution in [0.15, 0.2) is 34.7 Å². The van der Waals surface area contributed by atoms with E-state index in [4.69, 9.17) is 16.0 Å². The summed E-state index contributed by atoms with van der Waals surface area (Å²) in [5.74, 6) is 1.55. The van der Waals surface area contributed by atoms with E-state index in [-0.39, 0.29) is 22.0 Å². The summed E-state index contributed by atoms with van der Waals surface area (Å²) in [5, 5.41) is 18.6. The number of non-ortho nitro benzene ring substituents is 1. The molecular formula is C25H26ClN3O4S. The number of hydrogen-bond acceptors (Lipinski definition) is 6. The molecule has 34 heavy (non-hydrogen) atoms. The fourth-order valence-corrected chi connectivity index (χ4v) is 6.49. The highest BCUT2D eigenvalue weighted by molar-refractivity contribution is 7.16. The number of nitrogens with zero attached hydrogens (tertiary/aromatic N) is 1. The van der Waals surface area contributed by atoms with Crippen LogP contribution in [-0.2, 0) is 12.8 Å². The summed E-state index contributed by atoms with van der Waals surface area (Å²) in [6.45, 7) is 6.92. The van der Waals surface area contributed by atoms with Gasteiger partial charge in [0.25, 0.3) is 11.6 Å². The lowest BCUT2D eigenvalue weighted by atomic mass is 9.69. The second-order valence-corrected chi connectivity index (χ2v) is 11.2. The normalized spacial score (nSPS) is 19.7. The topological polar surface area (TPSA) is 97.4 Å². The molecule has 1 aliphatic carbocycles. The molecule has 2 aromatic heterocycles. The molecule has 178 valence electrons. The molecular weight excluding hydrogens is 474 g/mol. The first-order valence-electron chi connectivity index (χ1n) is 11.4. The summed E-state index contributed by atoms with van der Waals surface area (Å²) in [7, 11) is 0. The standard InChI is InChI=1S/C25H26ClN3O4S/c1-4-25(2,3)13-5-7-16-20(11-13)34-24-21(16)23(30)27-22(28-24)19-10-9-18(33-19)15-8-6-14(29(31)32)12-17(15)26/h6,8-10,12-13,22,28H,4-5,7,11H2,1-3H3,(H,27,30). The van der Waals surface area contributed by atoms with E-state index in [0.717, 1.165) is 36.2 Å². The van der Waals surface area contributed by atoms with E-state index >= 15 is 0 Å². The zero-order valence-corrected chi connectivity index (χ0v) is 20.8. The van der Waals surface area contributed by atoms with Crippen molar-refractivity contribution >= 4 is 39.5 Å². The van der Waals surface area contributed by atoms with E-state index in [2.05, 4.69) is 31.4 Å². The van der Waals surface area contributed by atoms with Crippen LogP contribution in [0.4, 0.5) is 10.7 Å². The van der Waals surface area contributed by atoms with E-state index in [9.17, 15) is 14.9 Å². The van der Waals surface area contributed by atoms with Crippen molar-refractivity contribution in [3.8, 4) is 11.3 Å². The van der Waals surface area contributed by atoms with Gasteiger partial charge in [0.1, 0.15) is 16.5 Å². The predicted molar refractivity (Wildman–Crippen MR) is 134 cm³/mol. The molecule has 9 heteroatoms. The summed E-state index contributed by atoms with van der Waals surface area (Å²) >= 11 is 7.94. The van der Waals surface area contributed by atoms with Crippen LogP contribution >= 0.6 is 22.9 Å². The Hall–Kier alpha value is -2.84. The predicted octanol–water partition coefficient (Wildman–Crippen LogP) is 6.96. The zero-order valence-electron chi connectivity index (χ0n) is 19.2. The van der Waals surface area contributed by atoms with Gasteiger partial charge in [0.2, 0.25) is 0 Å². The molecule has 0 bridgehead atoms. The van der Waals surface area contributed by atoms with E-state index < -0.39 is 11.1 Å². The summed E-state index contributed by atoms with van der Waals surface area (Å²) in [4.78, 5) is 24.9. The molecule has 2 N–H and O–H groups in total. The second-order valence-electron chi connectivity index (χ2n) is 9.66. The van der Waals surface area contributed by atoms with Crippen LogP contribution in [0.2, 0.25) is 5.02 Å². The molecule has 2 unspecified atom stereocenters. The largest absolute Gasteiger partial charge is 0.457 e. The van der Waals surface area contributed by atoms with Gasteiger partial charge in [0, 0.05) is 22.6 Å². The van der Waals surface area contributed by atoms with Crippen molar-refractivity contribution in [3.63, 3.8) is 0 Å². The number of furan rings is 1. The first kappa shape index (κ1) is 22.9. The Balaban J connectivity index is 1.39. The number of carbonyl (C=O) groups excluding carboxylic acids is 1. The Morgan fingerprint density at radius 2 is 2.06 bits per heavy atom. The van der Waals surface area contributed by atoms with Crippen molar-refractivity contribution in [1.29, 1.82) is 0 Å². The molecule has 7 nitrogen and oxygen atoms in total. The molecule has 1 amide bonds. The number of amides is 1. The number of nitro benzene ring substituents is 1. The fourth-order valence-electron chi connectivity index (χ4n) is 4.87. The zero-order chi connectivity index (χ0) is 24.2. The quantitative estimate of drug-likeness (QED) is 0.292. The lowest BCUT2D eigenvalue weighted by Gasteiger charge is -2.36. The molecule has 2 aliphatic rings. The number of nitro groups is 1. The highest BCUT2D eigenvalue weighted by Gasteiger charge is 2.38. The highest BCUT2D eigenvalue weighted by Crippen LogP contribution is 2.47. The number of carbonyl (C=O) groups is 1. The minimum atomic E-state index is -0.506. The average Bonchev–Trinajstić information content (AvgIpc) is 3.43. The SMILES string of the molecule is CCC(C)(C)C1CCc2c(sc3c2C(=O)NC(c2ccc(-c4ccc([N+](=O)[O-])cc4Cl)o2)N3)C1. The number of halogens is 1. The number of anilines is 1. The fraction of sp³-hybridized carbons (Fsp3) is 0.400. The highest BCUT2D eigenvalue weighted by atomic mass is 35.5. The maximum Gasteiger partial charge on any atom is 0.270 e. The molecule has 3 aromatic rings. The lowest BCUT2D eigenvalue weighted by Crippen LogP contribution is -2.38. The van der Waals surface area contributed by atoms with Crippen LogP contribution in [0.25, 0.3) is 11.3 Å². The summed E-state index contributed by atoms with van der Waals surface area (Å²) < 4.78 is 6.01. The molecule has 1 aromatic carbocycles. The Morgan fingerprint density at radius 3 is 2.76 bits per heavy atom. The first-order valence-corrected chi connectivity index (χ1v) is 12.6. The van der Waals surface area contributed by atoms with Gasteiger partial charge in [-0.1, -0.05) is 38.8 Å². The molecule has 0 radical (unpaired) electrons. The maximum atomic E-state index is 13.1. The molecule has 0 saturated heterocycles. The van der Waals surface area contributed by atoms with Crippen molar-refractivity contribution in [2.75, 3.05) is 5.32 Å². The van der Waals surface area contributed by atoms with Gasteiger partial charge in [-0.2, -0.15) is 0 Å². The Morgan fingerprint density at radius 1 is 1.26 bits per heavy atom. The van der Waals surface area contributed by atoms with E-state index in [0.29, 0.717) is 23.0 Å². The summed E-state index contributed by atoms with van der Waals surface area (Å²) in [6, 6.07) is 7.79. The van der Waals surface area contributed by atoms with Crippen LogP contribution in [0.1, 0.15) is 66.3 Å². The van der Waals surface area contributed by atoms with Crippen molar-refractivity contribution in [3.05, 3.63) is 67.2 Å². The van der Waals surface area contributed by atoms with Crippen molar-refractivity contribution in [2.24, 2.45) is 11.3 Å². The van der Waals surface area contributed by atoms with Gasteiger partial charge in [-0.25, -0.2) is 0 Å². The van der Waals surface area contributed by atoms with Gasteiger partial charge in [0.05, 0.1) is 15.5 Å². The average molecular weight is 500 g/mol. The first-order chi connectivity index (χ1) is 16.2. The summed E-state index contributed by atoms with van der Waals surface area (Å²) in [6.07, 6.45) is 3.67. The third-order valence-corrected chi connectivity index (χ3v) is 8.90. The van der Waals surface area contributed by atoms with Gasteiger partial charge < -0.3 is 15.1 Å². The number of nitrogens with one attached hydrogen (secondary N) is 2. The Kier molecular flexibility index (Phi) is 5.68. The minimum absolute atomic E-state index is 0.0829. The van der Waals surface area contributed by atoms with Gasteiger partial charge in [-0.05, 0) is 54.4 Å². The lowest BCUT2D eigenvalue weighted by molar-refractivity contribution is -0.384.